The molecule has 1 spiro atoms. The summed E-state index contributed by atoms with van der Waals surface area (Å²) in [5.41, 5.74) is -0.459. The molecule has 6 heteroatoms. The van der Waals surface area contributed by atoms with Crippen LogP contribution in [0.5, 0.6) is 0 Å². The number of ether oxygens (including phenoxy) is 1. The molecule has 2 amide bonds. The highest BCUT2D eigenvalue weighted by Crippen LogP contribution is 2.50. The van der Waals surface area contributed by atoms with E-state index in [1.54, 1.807) is 11.9 Å². The lowest BCUT2D eigenvalue weighted by Crippen LogP contribution is -2.47. The van der Waals surface area contributed by atoms with Crippen LogP contribution in [0.3, 0.4) is 0 Å². The van der Waals surface area contributed by atoms with Crippen LogP contribution in [0.4, 0.5) is 4.79 Å². The highest BCUT2D eigenvalue weighted by molar-refractivity contribution is 5.85. The first kappa shape index (κ1) is 16.1. The predicted octanol–water partition coefficient (Wildman–Crippen LogP) is 2.19. The topological polar surface area (TPSA) is 59.1 Å². The van der Waals surface area contributed by atoms with Crippen LogP contribution in [0.15, 0.2) is 0 Å². The number of hydroxylamine groups is 2. The molecule has 0 aromatic carbocycles. The Hall–Kier alpha value is -1.30. The Morgan fingerprint density at radius 1 is 1.29 bits per heavy atom. The standard InChI is InChI=1S/C15H26N2O4/c1-14(2,3)21-13(19)17-10-15(7-6-8-15)9-11(17)12(18)16(4)20-5/h11H,6-10H2,1-5H3/t11-/m1/s1. The second kappa shape index (κ2) is 5.48. The van der Waals surface area contributed by atoms with Gasteiger partial charge in [-0.05, 0) is 45.4 Å². The number of carbonyl (C=O) groups excluding carboxylic acids is 2. The summed E-state index contributed by atoms with van der Waals surface area (Å²) >= 11 is 0. The molecule has 2 rings (SSSR count). The minimum Gasteiger partial charge on any atom is -0.444 e. The van der Waals surface area contributed by atoms with Gasteiger partial charge in [-0.2, -0.15) is 0 Å². The molecule has 2 aliphatic rings. The highest BCUT2D eigenvalue weighted by Gasteiger charge is 2.53. The van der Waals surface area contributed by atoms with Gasteiger partial charge in [0.05, 0.1) is 7.11 Å². The fraction of sp³-hybridized carbons (Fsp3) is 0.867. The molecule has 1 saturated heterocycles. The van der Waals surface area contributed by atoms with Crippen molar-refractivity contribution in [2.45, 2.75) is 58.1 Å². The second-order valence-corrected chi connectivity index (χ2v) is 7.20. The van der Waals surface area contributed by atoms with Crippen LogP contribution in [0, 0.1) is 5.41 Å². The van der Waals surface area contributed by atoms with Crippen LogP contribution >= 0.6 is 0 Å². The summed E-state index contributed by atoms with van der Waals surface area (Å²) in [5.74, 6) is -0.188. The molecule has 0 aromatic heterocycles. The smallest absolute Gasteiger partial charge is 0.410 e. The van der Waals surface area contributed by atoms with Crippen molar-refractivity contribution in [1.82, 2.24) is 9.96 Å². The molecule has 2 fully saturated rings. The van der Waals surface area contributed by atoms with Crippen LogP contribution in [0.1, 0.15) is 46.5 Å². The molecule has 6 nitrogen and oxygen atoms in total. The monoisotopic (exact) mass is 298 g/mol. The number of amides is 2. The predicted molar refractivity (Wildman–Crippen MR) is 77.4 cm³/mol. The molecule has 1 aliphatic carbocycles. The first-order chi connectivity index (χ1) is 9.67. The summed E-state index contributed by atoms with van der Waals surface area (Å²) < 4.78 is 5.45. The maximum Gasteiger partial charge on any atom is 0.410 e. The molecule has 1 saturated carbocycles. The Morgan fingerprint density at radius 3 is 2.33 bits per heavy atom. The van der Waals surface area contributed by atoms with Gasteiger partial charge in [-0.25, -0.2) is 9.86 Å². The third-order valence-electron chi connectivity index (χ3n) is 4.42. The number of hydrogen-bond acceptors (Lipinski definition) is 4. The zero-order valence-corrected chi connectivity index (χ0v) is 13.6. The van der Waals surface area contributed by atoms with Crippen LogP contribution in [-0.2, 0) is 14.4 Å². The van der Waals surface area contributed by atoms with Gasteiger partial charge in [0, 0.05) is 13.6 Å². The highest BCUT2D eigenvalue weighted by atomic mass is 16.7. The first-order valence-electron chi connectivity index (χ1n) is 7.49. The lowest BCUT2D eigenvalue weighted by molar-refractivity contribution is -0.173. The van der Waals surface area contributed by atoms with Crippen molar-refractivity contribution in [3.8, 4) is 0 Å². The van der Waals surface area contributed by atoms with Gasteiger partial charge in [0.25, 0.3) is 5.91 Å². The molecule has 1 heterocycles. The largest absolute Gasteiger partial charge is 0.444 e. The van der Waals surface area contributed by atoms with Crippen molar-refractivity contribution >= 4 is 12.0 Å². The Balaban J connectivity index is 2.15. The van der Waals surface area contributed by atoms with Gasteiger partial charge in [0.2, 0.25) is 0 Å². The Bertz CT molecular complexity index is 426. The van der Waals surface area contributed by atoms with Crippen LogP contribution < -0.4 is 0 Å². The fourth-order valence-corrected chi connectivity index (χ4v) is 3.13. The van der Waals surface area contributed by atoms with E-state index in [0.717, 1.165) is 12.8 Å². The van der Waals surface area contributed by atoms with Gasteiger partial charge in [0.1, 0.15) is 11.6 Å². The van der Waals surface area contributed by atoms with E-state index in [4.69, 9.17) is 9.57 Å². The van der Waals surface area contributed by atoms with E-state index < -0.39 is 17.7 Å². The molecule has 1 atom stereocenters. The maximum absolute atomic E-state index is 12.4. The molecule has 0 N–H and O–H groups in total. The minimum atomic E-state index is -0.562. The van der Waals surface area contributed by atoms with Gasteiger partial charge in [-0.3, -0.25) is 14.5 Å². The van der Waals surface area contributed by atoms with E-state index in [2.05, 4.69) is 0 Å². The number of hydrogen-bond donors (Lipinski definition) is 0. The summed E-state index contributed by atoms with van der Waals surface area (Å²) in [6.07, 6.45) is 3.62. The van der Waals surface area contributed by atoms with Gasteiger partial charge < -0.3 is 4.74 Å². The molecule has 120 valence electrons. The second-order valence-electron chi connectivity index (χ2n) is 7.20. The van der Waals surface area contributed by atoms with Crippen LogP contribution in [0.2, 0.25) is 0 Å². The van der Waals surface area contributed by atoms with Crippen molar-refractivity contribution < 1.29 is 19.2 Å². The Labute approximate surface area is 126 Å². The van der Waals surface area contributed by atoms with E-state index in [9.17, 15) is 9.59 Å². The van der Waals surface area contributed by atoms with Crippen LogP contribution in [0.25, 0.3) is 0 Å². The lowest BCUT2D eigenvalue weighted by atomic mass is 9.67. The Morgan fingerprint density at radius 2 is 1.90 bits per heavy atom. The maximum atomic E-state index is 12.4. The van der Waals surface area contributed by atoms with Crippen molar-refractivity contribution in [1.29, 1.82) is 0 Å². The summed E-state index contributed by atoms with van der Waals surface area (Å²) in [6.45, 7) is 6.10. The summed E-state index contributed by atoms with van der Waals surface area (Å²) in [5, 5.41) is 1.19. The van der Waals surface area contributed by atoms with Crippen molar-refractivity contribution in [3.05, 3.63) is 0 Å². The molecule has 0 bridgehead atoms. The first-order valence-corrected chi connectivity index (χ1v) is 7.49. The zero-order valence-electron chi connectivity index (χ0n) is 13.6. The third-order valence-corrected chi connectivity index (χ3v) is 4.42. The van der Waals surface area contributed by atoms with Crippen molar-refractivity contribution in [3.63, 3.8) is 0 Å². The van der Waals surface area contributed by atoms with Gasteiger partial charge >= 0.3 is 6.09 Å². The molecule has 0 radical (unpaired) electrons. The lowest BCUT2D eigenvalue weighted by Gasteiger charge is -2.37. The van der Waals surface area contributed by atoms with E-state index >= 15 is 0 Å². The van der Waals surface area contributed by atoms with Crippen molar-refractivity contribution in [2.75, 3.05) is 20.7 Å². The molecular formula is C15H26N2O4. The molecule has 0 aromatic rings. The number of carbonyl (C=O) groups is 2. The van der Waals surface area contributed by atoms with Crippen LogP contribution in [-0.4, -0.2) is 54.3 Å². The zero-order chi connectivity index (χ0) is 15.8. The number of likely N-dealkylation sites (tertiary alicyclic amines) is 1. The summed E-state index contributed by atoms with van der Waals surface area (Å²) in [4.78, 5) is 31.4. The number of likely N-dealkylation sites (N-methyl/N-ethyl adjacent to an activating group) is 1. The van der Waals surface area contributed by atoms with Gasteiger partial charge in [-0.15, -0.1) is 0 Å². The molecule has 21 heavy (non-hydrogen) atoms. The summed E-state index contributed by atoms with van der Waals surface area (Å²) in [7, 11) is 3.02. The average Bonchev–Trinajstić information content (AvgIpc) is 2.75. The Kier molecular flexibility index (Phi) is 4.19. The number of nitrogens with zero attached hydrogens (tertiary/aromatic N) is 2. The minimum absolute atomic E-state index is 0.103. The fourth-order valence-electron chi connectivity index (χ4n) is 3.13. The van der Waals surface area contributed by atoms with Gasteiger partial charge in [0.15, 0.2) is 0 Å². The van der Waals surface area contributed by atoms with E-state index in [-0.39, 0.29) is 11.3 Å². The molecule has 0 unspecified atom stereocenters. The summed E-state index contributed by atoms with van der Waals surface area (Å²) in [6, 6.07) is -0.481. The molecular weight excluding hydrogens is 272 g/mol. The normalized spacial score (nSPS) is 23.9. The van der Waals surface area contributed by atoms with E-state index in [0.29, 0.717) is 13.0 Å². The van der Waals surface area contributed by atoms with Gasteiger partial charge in [-0.1, -0.05) is 6.42 Å². The van der Waals surface area contributed by atoms with Crippen molar-refractivity contribution in [2.24, 2.45) is 5.41 Å². The van der Waals surface area contributed by atoms with E-state index in [1.165, 1.54) is 18.6 Å². The number of rotatable bonds is 2. The van der Waals surface area contributed by atoms with E-state index in [1.807, 2.05) is 20.8 Å². The molecule has 1 aliphatic heterocycles. The average molecular weight is 298 g/mol. The third kappa shape index (κ3) is 3.31. The SMILES string of the molecule is CON(C)C(=O)[C@H]1CC2(CCC2)CN1C(=O)OC(C)(C)C. The quantitative estimate of drug-likeness (QED) is 0.733.